The molecule has 0 saturated heterocycles. The van der Waals surface area contributed by atoms with Crippen LogP contribution in [0.2, 0.25) is 0 Å². The van der Waals surface area contributed by atoms with E-state index in [2.05, 4.69) is 5.48 Å². The van der Waals surface area contributed by atoms with Crippen LogP contribution >= 0.6 is 0 Å². The molecule has 0 radical (unpaired) electrons. The lowest BCUT2D eigenvalue weighted by Gasteiger charge is -2.10. The quantitative estimate of drug-likeness (QED) is 0.549. The SMILES string of the molecule is COB(OC)ONc1ccccc1. The molecule has 4 nitrogen and oxygen atoms in total. The van der Waals surface area contributed by atoms with Crippen molar-refractivity contribution in [3.63, 3.8) is 0 Å². The maximum atomic E-state index is 5.03. The minimum absolute atomic E-state index is 0.694. The second kappa shape index (κ2) is 5.58. The predicted molar refractivity (Wildman–Crippen MR) is 50.9 cm³/mol. The fraction of sp³-hybridized carbons (Fsp3) is 0.250. The van der Waals surface area contributed by atoms with Crippen LogP contribution in [0, 0.1) is 0 Å². The van der Waals surface area contributed by atoms with Crippen molar-refractivity contribution in [3.05, 3.63) is 30.3 Å². The Labute approximate surface area is 77.9 Å². The molecule has 5 heteroatoms. The number of nitrogens with one attached hydrogen (secondary N) is 1. The van der Waals surface area contributed by atoms with Gasteiger partial charge in [0, 0.05) is 14.2 Å². The lowest BCUT2D eigenvalue weighted by Crippen LogP contribution is -2.26. The summed E-state index contributed by atoms with van der Waals surface area (Å²) in [4.78, 5) is 0. The van der Waals surface area contributed by atoms with Crippen molar-refractivity contribution in [1.29, 1.82) is 0 Å². The van der Waals surface area contributed by atoms with Crippen LogP contribution in [0.4, 0.5) is 5.69 Å². The first-order chi connectivity index (χ1) is 6.36. The Hall–Kier alpha value is -1.04. The Kier molecular flexibility index (Phi) is 4.32. The first-order valence-electron chi connectivity index (χ1n) is 3.89. The van der Waals surface area contributed by atoms with Crippen molar-refractivity contribution < 1.29 is 14.1 Å². The van der Waals surface area contributed by atoms with Gasteiger partial charge in [0.2, 0.25) is 0 Å². The van der Waals surface area contributed by atoms with E-state index in [1.807, 2.05) is 30.3 Å². The van der Waals surface area contributed by atoms with E-state index in [1.54, 1.807) is 0 Å². The number of hydrogen-bond acceptors (Lipinski definition) is 4. The molecule has 1 rings (SSSR count). The number of hydrogen-bond donors (Lipinski definition) is 1. The third kappa shape index (κ3) is 3.46. The molecule has 1 aromatic carbocycles. The summed E-state index contributed by atoms with van der Waals surface area (Å²) in [6.07, 6.45) is 0. The summed E-state index contributed by atoms with van der Waals surface area (Å²) >= 11 is 0. The zero-order chi connectivity index (χ0) is 9.52. The van der Waals surface area contributed by atoms with Crippen LogP contribution in [0.1, 0.15) is 0 Å². The summed E-state index contributed by atoms with van der Waals surface area (Å²) in [5.41, 5.74) is 3.55. The second-order valence-electron chi connectivity index (χ2n) is 2.35. The minimum Gasteiger partial charge on any atom is -0.387 e. The van der Waals surface area contributed by atoms with Crippen LogP contribution in [-0.2, 0) is 14.1 Å². The molecule has 0 fully saturated rings. The minimum atomic E-state index is -0.694. The van der Waals surface area contributed by atoms with Gasteiger partial charge < -0.3 is 9.31 Å². The molecule has 0 amide bonds. The smallest absolute Gasteiger partial charge is 0.387 e. The number of rotatable bonds is 5. The summed E-state index contributed by atoms with van der Waals surface area (Å²) in [6, 6.07) is 9.49. The summed E-state index contributed by atoms with van der Waals surface area (Å²) in [6.45, 7) is 0. The van der Waals surface area contributed by atoms with Gasteiger partial charge in [0.15, 0.2) is 0 Å². The molecule has 0 aliphatic heterocycles. The topological polar surface area (TPSA) is 39.7 Å². The summed E-state index contributed by atoms with van der Waals surface area (Å²) < 4.78 is 14.7. The van der Waals surface area contributed by atoms with Crippen LogP contribution in [0.3, 0.4) is 0 Å². The Morgan fingerprint density at radius 2 is 1.69 bits per heavy atom. The monoisotopic (exact) mass is 181 g/mol. The van der Waals surface area contributed by atoms with Gasteiger partial charge >= 0.3 is 7.32 Å². The van der Waals surface area contributed by atoms with Gasteiger partial charge in [0.1, 0.15) is 0 Å². The number of anilines is 1. The van der Waals surface area contributed by atoms with Crippen molar-refractivity contribution in [3.8, 4) is 0 Å². The molecule has 0 aliphatic rings. The average Bonchev–Trinajstić information content (AvgIpc) is 2.21. The van der Waals surface area contributed by atoms with Crippen molar-refractivity contribution in [2.24, 2.45) is 0 Å². The fourth-order valence-corrected chi connectivity index (χ4v) is 0.815. The normalized spacial score (nSPS) is 9.69. The fourth-order valence-electron chi connectivity index (χ4n) is 0.815. The van der Waals surface area contributed by atoms with E-state index in [9.17, 15) is 0 Å². The molecule has 0 spiro atoms. The summed E-state index contributed by atoms with van der Waals surface area (Å²) in [5.74, 6) is 0. The third-order valence-electron chi connectivity index (χ3n) is 1.43. The lowest BCUT2D eigenvalue weighted by atomic mass is 10.2. The molecule has 0 saturated carbocycles. The van der Waals surface area contributed by atoms with E-state index >= 15 is 0 Å². The Balaban J connectivity index is 2.34. The number of para-hydroxylation sites is 1. The molecule has 1 N–H and O–H groups in total. The zero-order valence-corrected chi connectivity index (χ0v) is 7.69. The Morgan fingerprint density at radius 1 is 1.08 bits per heavy atom. The molecule has 0 unspecified atom stereocenters. The molecule has 1 aromatic rings. The van der Waals surface area contributed by atoms with Gasteiger partial charge in [-0.1, -0.05) is 18.2 Å². The molecular weight excluding hydrogens is 169 g/mol. The third-order valence-corrected chi connectivity index (χ3v) is 1.43. The van der Waals surface area contributed by atoms with Crippen LogP contribution < -0.4 is 5.48 Å². The molecule has 0 aromatic heterocycles. The van der Waals surface area contributed by atoms with Crippen LogP contribution in [-0.4, -0.2) is 21.5 Å². The van der Waals surface area contributed by atoms with Crippen molar-refractivity contribution in [1.82, 2.24) is 0 Å². The van der Waals surface area contributed by atoms with Crippen LogP contribution in [0.15, 0.2) is 30.3 Å². The van der Waals surface area contributed by atoms with Crippen LogP contribution in [0.25, 0.3) is 0 Å². The highest BCUT2D eigenvalue weighted by Gasteiger charge is 2.17. The van der Waals surface area contributed by atoms with Gasteiger partial charge in [-0.05, 0) is 12.1 Å². The lowest BCUT2D eigenvalue weighted by molar-refractivity contribution is 0.162. The average molecular weight is 181 g/mol. The molecule has 0 heterocycles. The van der Waals surface area contributed by atoms with E-state index in [1.165, 1.54) is 14.2 Å². The highest BCUT2D eigenvalue weighted by atomic mass is 16.8. The van der Waals surface area contributed by atoms with E-state index in [4.69, 9.17) is 14.1 Å². The highest BCUT2D eigenvalue weighted by molar-refractivity contribution is 6.36. The van der Waals surface area contributed by atoms with Gasteiger partial charge in [-0.2, -0.15) is 0 Å². The van der Waals surface area contributed by atoms with Gasteiger partial charge in [-0.3, -0.25) is 10.2 Å². The number of benzene rings is 1. The maximum absolute atomic E-state index is 5.03. The van der Waals surface area contributed by atoms with E-state index in [0.717, 1.165) is 5.69 Å². The maximum Gasteiger partial charge on any atom is 0.661 e. The second-order valence-corrected chi connectivity index (χ2v) is 2.35. The van der Waals surface area contributed by atoms with E-state index < -0.39 is 7.32 Å². The zero-order valence-electron chi connectivity index (χ0n) is 7.69. The van der Waals surface area contributed by atoms with Gasteiger partial charge in [0.05, 0.1) is 5.69 Å². The van der Waals surface area contributed by atoms with E-state index in [-0.39, 0.29) is 0 Å². The highest BCUT2D eigenvalue weighted by Crippen LogP contribution is 2.05. The Morgan fingerprint density at radius 3 is 2.23 bits per heavy atom. The Bertz CT molecular complexity index is 228. The molecular formula is C8H12BNO3. The summed E-state index contributed by atoms with van der Waals surface area (Å²) in [5, 5.41) is 0. The van der Waals surface area contributed by atoms with Gasteiger partial charge in [-0.15, -0.1) is 0 Å². The van der Waals surface area contributed by atoms with E-state index in [0.29, 0.717) is 0 Å². The molecule has 0 atom stereocenters. The van der Waals surface area contributed by atoms with Gasteiger partial charge in [0.25, 0.3) is 0 Å². The first-order valence-corrected chi connectivity index (χ1v) is 3.89. The van der Waals surface area contributed by atoms with Crippen molar-refractivity contribution >= 4 is 13.0 Å². The standard InChI is InChI=1S/C8H12BNO3/c1-11-9(12-2)13-10-8-6-4-3-5-7-8/h3-7,10H,1-2H3. The summed E-state index contributed by atoms with van der Waals surface area (Å²) in [7, 11) is 2.31. The van der Waals surface area contributed by atoms with Crippen LogP contribution in [0.5, 0.6) is 0 Å². The molecule has 0 aliphatic carbocycles. The largest absolute Gasteiger partial charge is 0.661 e. The van der Waals surface area contributed by atoms with Crippen molar-refractivity contribution in [2.75, 3.05) is 19.7 Å². The first kappa shape index (κ1) is 10.0. The van der Waals surface area contributed by atoms with Gasteiger partial charge in [-0.25, -0.2) is 0 Å². The molecule has 70 valence electrons. The molecule has 13 heavy (non-hydrogen) atoms. The van der Waals surface area contributed by atoms with Crippen molar-refractivity contribution in [2.45, 2.75) is 0 Å². The predicted octanol–water partition coefficient (Wildman–Crippen LogP) is 1.31. The molecule has 0 bridgehead atoms.